The van der Waals surface area contributed by atoms with Crippen molar-refractivity contribution in [1.29, 1.82) is 0 Å². The number of pyridine rings is 1. The molecule has 2 fully saturated rings. The van der Waals surface area contributed by atoms with Gasteiger partial charge in [0.15, 0.2) is 0 Å². The van der Waals surface area contributed by atoms with Crippen molar-refractivity contribution >= 4 is 0 Å². The Bertz CT molecular complexity index is 423. The molecule has 1 aromatic heterocycles. The maximum Gasteiger partial charge on any atom is 0.122 e. The summed E-state index contributed by atoms with van der Waals surface area (Å²) in [5, 5.41) is 0. The van der Waals surface area contributed by atoms with Gasteiger partial charge in [-0.25, -0.2) is 0 Å². The summed E-state index contributed by atoms with van der Waals surface area (Å²) in [6, 6.07) is 4.36. The highest BCUT2D eigenvalue weighted by Crippen LogP contribution is 2.26. The molecule has 1 aliphatic heterocycles. The summed E-state index contributed by atoms with van der Waals surface area (Å²) in [5.41, 5.74) is 5.99. The third-order valence-corrected chi connectivity index (χ3v) is 5.23. The lowest BCUT2D eigenvalue weighted by Gasteiger charge is -2.34. The summed E-state index contributed by atoms with van der Waals surface area (Å²) in [7, 11) is 0. The van der Waals surface area contributed by atoms with Crippen LogP contribution in [0.5, 0.6) is 5.75 Å². The first kappa shape index (κ1) is 15.8. The molecule has 0 amide bonds. The van der Waals surface area contributed by atoms with Gasteiger partial charge in [0, 0.05) is 31.5 Å². The number of piperidine rings is 1. The zero-order valence-corrected chi connectivity index (χ0v) is 13.5. The summed E-state index contributed by atoms with van der Waals surface area (Å²) in [6.45, 7) is 3.59. The summed E-state index contributed by atoms with van der Waals surface area (Å²) >= 11 is 0. The number of likely N-dealkylation sites (tertiary alicyclic amines) is 1. The van der Waals surface area contributed by atoms with Gasteiger partial charge >= 0.3 is 0 Å². The lowest BCUT2D eigenvalue weighted by atomic mass is 9.84. The average molecular weight is 303 g/mol. The molecule has 0 bridgehead atoms. The minimum atomic E-state index is 0.367. The van der Waals surface area contributed by atoms with Gasteiger partial charge in [-0.05, 0) is 69.5 Å². The molecule has 2 heterocycles. The molecule has 2 N–H and O–H groups in total. The van der Waals surface area contributed by atoms with Gasteiger partial charge in [-0.2, -0.15) is 0 Å². The molecule has 22 heavy (non-hydrogen) atoms. The summed E-state index contributed by atoms with van der Waals surface area (Å²) < 4.78 is 6.03. The highest BCUT2D eigenvalue weighted by Gasteiger charge is 2.23. The second kappa shape index (κ2) is 7.93. The van der Waals surface area contributed by atoms with Gasteiger partial charge in [0.05, 0.1) is 0 Å². The Balaban J connectivity index is 1.33. The van der Waals surface area contributed by atoms with Crippen LogP contribution in [0.15, 0.2) is 24.5 Å². The standard InChI is InChI=1S/C18H29N3O/c19-16-3-1-15(2-4-16)7-12-21-13-8-18(9-14-21)22-17-5-10-20-11-6-17/h5-6,10-11,15-16,18H,1-4,7-9,12-14,19H2/t15-,16-. The molecule has 1 saturated heterocycles. The first-order valence-corrected chi connectivity index (χ1v) is 8.84. The second-order valence-electron chi connectivity index (χ2n) is 6.91. The number of rotatable bonds is 5. The van der Waals surface area contributed by atoms with E-state index in [1.54, 1.807) is 12.4 Å². The van der Waals surface area contributed by atoms with Crippen molar-refractivity contribution in [2.45, 2.75) is 57.1 Å². The molecule has 0 radical (unpaired) electrons. The fraction of sp³-hybridized carbons (Fsp3) is 0.722. The number of hydrogen-bond acceptors (Lipinski definition) is 4. The lowest BCUT2D eigenvalue weighted by molar-refractivity contribution is 0.0952. The molecule has 0 aromatic carbocycles. The van der Waals surface area contributed by atoms with E-state index in [1.165, 1.54) is 51.7 Å². The van der Waals surface area contributed by atoms with Gasteiger partial charge in [-0.3, -0.25) is 4.98 Å². The molecule has 1 aromatic rings. The predicted molar refractivity (Wildman–Crippen MR) is 88.9 cm³/mol. The van der Waals surface area contributed by atoms with Crippen molar-refractivity contribution < 1.29 is 4.74 Å². The molecular weight excluding hydrogens is 274 g/mol. The normalized spacial score (nSPS) is 27.7. The minimum Gasteiger partial charge on any atom is -0.490 e. The smallest absolute Gasteiger partial charge is 0.122 e. The molecule has 1 aliphatic carbocycles. The van der Waals surface area contributed by atoms with Crippen LogP contribution in [-0.2, 0) is 0 Å². The van der Waals surface area contributed by atoms with E-state index in [4.69, 9.17) is 10.5 Å². The number of hydrogen-bond donors (Lipinski definition) is 1. The lowest BCUT2D eigenvalue weighted by Crippen LogP contribution is -2.39. The van der Waals surface area contributed by atoms with Gasteiger partial charge < -0.3 is 15.4 Å². The Kier molecular flexibility index (Phi) is 5.68. The zero-order valence-electron chi connectivity index (χ0n) is 13.5. The van der Waals surface area contributed by atoms with E-state index in [1.807, 2.05) is 12.1 Å². The van der Waals surface area contributed by atoms with Crippen molar-refractivity contribution in [3.05, 3.63) is 24.5 Å². The van der Waals surface area contributed by atoms with Crippen LogP contribution in [0.3, 0.4) is 0 Å². The maximum atomic E-state index is 6.03. The zero-order chi connectivity index (χ0) is 15.2. The number of ether oxygens (including phenoxy) is 1. The third kappa shape index (κ3) is 4.68. The molecule has 4 nitrogen and oxygen atoms in total. The molecule has 2 aliphatic rings. The van der Waals surface area contributed by atoms with E-state index in [0.717, 1.165) is 24.5 Å². The van der Waals surface area contributed by atoms with E-state index in [-0.39, 0.29) is 0 Å². The monoisotopic (exact) mass is 303 g/mol. The van der Waals surface area contributed by atoms with Crippen LogP contribution in [-0.4, -0.2) is 41.7 Å². The molecule has 122 valence electrons. The SMILES string of the molecule is N[C@H]1CC[C@H](CCN2CCC(Oc3ccncc3)CC2)CC1. The summed E-state index contributed by atoms with van der Waals surface area (Å²) in [4.78, 5) is 6.64. The van der Waals surface area contributed by atoms with E-state index >= 15 is 0 Å². The molecule has 0 spiro atoms. The quantitative estimate of drug-likeness (QED) is 0.909. The van der Waals surface area contributed by atoms with E-state index < -0.39 is 0 Å². The van der Waals surface area contributed by atoms with Crippen LogP contribution < -0.4 is 10.5 Å². The Morgan fingerprint density at radius 2 is 1.73 bits per heavy atom. The van der Waals surface area contributed by atoms with Gasteiger partial charge in [0.2, 0.25) is 0 Å². The fourth-order valence-corrected chi connectivity index (χ4v) is 3.70. The van der Waals surface area contributed by atoms with Crippen LogP contribution >= 0.6 is 0 Å². The van der Waals surface area contributed by atoms with Crippen LogP contribution in [0.25, 0.3) is 0 Å². The van der Waals surface area contributed by atoms with Crippen molar-refractivity contribution in [3.8, 4) is 5.75 Å². The molecule has 1 saturated carbocycles. The summed E-state index contributed by atoms with van der Waals surface area (Å²) in [5.74, 6) is 1.86. The van der Waals surface area contributed by atoms with E-state index in [9.17, 15) is 0 Å². The van der Waals surface area contributed by atoms with Gasteiger partial charge in [-0.15, -0.1) is 0 Å². The first-order valence-electron chi connectivity index (χ1n) is 8.84. The minimum absolute atomic E-state index is 0.367. The Labute approximate surface area is 134 Å². The van der Waals surface area contributed by atoms with Crippen molar-refractivity contribution in [2.24, 2.45) is 11.7 Å². The van der Waals surface area contributed by atoms with Crippen molar-refractivity contribution in [2.75, 3.05) is 19.6 Å². The topological polar surface area (TPSA) is 51.4 Å². The second-order valence-corrected chi connectivity index (χ2v) is 6.91. The van der Waals surface area contributed by atoms with Gasteiger partial charge in [-0.1, -0.05) is 0 Å². The Morgan fingerprint density at radius 3 is 2.41 bits per heavy atom. The third-order valence-electron chi connectivity index (χ3n) is 5.23. The van der Waals surface area contributed by atoms with Crippen LogP contribution in [0.4, 0.5) is 0 Å². The van der Waals surface area contributed by atoms with E-state index in [0.29, 0.717) is 12.1 Å². The Morgan fingerprint density at radius 1 is 1.05 bits per heavy atom. The van der Waals surface area contributed by atoms with Crippen molar-refractivity contribution in [3.63, 3.8) is 0 Å². The van der Waals surface area contributed by atoms with Crippen LogP contribution in [0, 0.1) is 5.92 Å². The number of nitrogens with two attached hydrogens (primary N) is 1. The number of aromatic nitrogens is 1. The van der Waals surface area contributed by atoms with Gasteiger partial charge in [0.25, 0.3) is 0 Å². The van der Waals surface area contributed by atoms with Crippen LogP contribution in [0.1, 0.15) is 44.9 Å². The molecular formula is C18H29N3O. The maximum absolute atomic E-state index is 6.03. The van der Waals surface area contributed by atoms with Crippen LogP contribution in [0.2, 0.25) is 0 Å². The average Bonchev–Trinajstić information content (AvgIpc) is 2.57. The summed E-state index contributed by atoms with van der Waals surface area (Å²) in [6.07, 6.45) is 12.7. The predicted octanol–water partition coefficient (Wildman–Crippen LogP) is 2.83. The highest BCUT2D eigenvalue weighted by molar-refractivity contribution is 5.17. The van der Waals surface area contributed by atoms with Crippen molar-refractivity contribution in [1.82, 2.24) is 9.88 Å². The molecule has 4 heteroatoms. The molecule has 0 unspecified atom stereocenters. The van der Waals surface area contributed by atoms with Gasteiger partial charge in [0.1, 0.15) is 11.9 Å². The number of nitrogens with zero attached hydrogens (tertiary/aromatic N) is 2. The highest BCUT2D eigenvalue weighted by atomic mass is 16.5. The largest absolute Gasteiger partial charge is 0.490 e. The van der Waals surface area contributed by atoms with E-state index in [2.05, 4.69) is 9.88 Å². The molecule has 3 rings (SSSR count). The molecule has 0 atom stereocenters. The Hall–Kier alpha value is -1.13. The fourth-order valence-electron chi connectivity index (χ4n) is 3.70. The first-order chi connectivity index (χ1) is 10.8.